The molecule has 0 spiro atoms. The number of hydrogen-bond donors (Lipinski definition) is 2. The van der Waals surface area contributed by atoms with Crippen molar-refractivity contribution in [2.45, 2.75) is 39.4 Å². The third kappa shape index (κ3) is 6.08. The highest BCUT2D eigenvalue weighted by atomic mass is 16.6. The molecule has 0 aliphatic rings. The lowest BCUT2D eigenvalue weighted by Crippen LogP contribution is -2.48. The highest BCUT2D eigenvalue weighted by Gasteiger charge is 2.19. The van der Waals surface area contributed by atoms with Gasteiger partial charge in [-0.15, -0.1) is 0 Å². The van der Waals surface area contributed by atoms with Crippen molar-refractivity contribution in [2.75, 3.05) is 0 Å². The number of carbonyl (C=O) groups is 2. The summed E-state index contributed by atoms with van der Waals surface area (Å²) in [5.74, 6) is 0.104. The third-order valence-electron chi connectivity index (χ3n) is 2.11. The molecule has 2 N–H and O–H groups in total. The first kappa shape index (κ1) is 15.8. The van der Waals surface area contributed by atoms with Gasteiger partial charge in [-0.3, -0.25) is 10.2 Å². The molecule has 1 aromatic rings. The summed E-state index contributed by atoms with van der Waals surface area (Å²) in [6, 6.07) is 8.94. The first-order valence-corrected chi connectivity index (χ1v) is 6.28. The molecular formula is C14H20N2O4. The van der Waals surface area contributed by atoms with Crippen LogP contribution in [-0.4, -0.2) is 23.7 Å². The highest BCUT2D eigenvalue weighted by molar-refractivity contribution is 5.82. The van der Waals surface area contributed by atoms with E-state index in [9.17, 15) is 9.59 Å². The van der Waals surface area contributed by atoms with E-state index in [4.69, 9.17) is 9.47 Å². The number of amides is 2. The third-order valence-corrected chi connectivity index (χ3v) is 2.11. The Balaban J connectivity index is 2.37. The van der Waals surface area contributed by atoms with Crippen LogP contribution in [0.5, 0.6) is 5.75 Å². The molecule has 1 aromatic carbocycles. The van der Waals surface area contributed by atoms with Crippen LogP contribution in [0.3, 0.4) is 0 Å². The van der Waals surface area contributed by atoms with Crippen molar-refractivity contribution < 1.29 is 19.1 Å². The monoisotopic (exact) mass is 280 g/mol. The van der Waals surface area contributed by atoms with Crippen LogP contribution in [0.15, 0.2) is 30.3 Å². The van der Waals surface area contributed by atoms with Gasteiger partial charge >= 0.3 is 6.09 Å². The van der Waals surface area contributed by atoms with Gasteiger partial charge in [0, 0.05) is 0 Å². The first-order valence-electron chi connectivity index (χ1n) is 6.28. The molecule has 1 rings (SSSR count). The molecule has 0 aliphatic carbocycles. The van der Waals surface area contributed by atoms with Crippen molar-refractivity contribution in [1.29, 1.82) is 0 Å². The molecule has 6 nitrogen and oxygen atoms in total. The maximum Gasteiger partial charge on any atom is 0.426 e. The van der Waals surface area contributed by atoms with Crippen molar-refractivity contribution in [3.8, 4) is 5.75 Å². The minimum atomic E-state index is -0.743. The van der Waals surface area contributed by atoms with Crippen molar-refractivity contribution >= 4 is 12.0 Å². The smallest absolute Gasteiger partial charge is 0.426 e. The molecule has 0 unspecified atom stereocenters. The van der Waals surface area contributed by atoms with Gasteiger partial charge in [0.2, 0.25) is 0 Å². The Kier molecular flexibility index (Phi) is 5.37. The fourth-order valence-electron chi connectivity index (χ4n) is 1.27. The molecule has 0 radical (unpaired) electrons. The maximum absolute atomic E-state index is 11.7. The van der Waals surface area contributed by atoms with E-state index in [0.717, 1.165) is 0 Å². The van der Waals surface area contributed by atoms with E-state index in [2.05, 4.69) is 10.9 Å². The SMILES string of the molecule is C[C@@H](Oc1ccccc1)C(=O)NNC(=O)OC(C)(C)C. The van der Waals surface area contributed by atoms with Gasteiger partial charge in [-0.25, -0.2) is 10.2 Å². The molecule has 2 amide bonds. The highest BCUT2D eigenvalue weighted by Crippen LogP contribution is 2.10. The molecule has 0 aliphatic heterocycles. The van der Waals surface area contributed by atoms with Gasteiger partial charge in [0.05, 0.1) is 0 Å². The predicted octanol–water partition coefficient (Wildman–Crippen LogP) is 2.01. The minimum absolute atomic E-state index is 0.472. The maximum atomic E-state index is 11.7. The second kappa shape index (κ2) is 6.79. The lowest BCUT2D eigenvalue weighted by atomic mass is 10.2. The van der Waals surface area contributed by atoms with Crippen molar-refractivity contribution in [1.82, 2.24) is 10.9 Å². The number of carbonyl (C=O) groups excluding carboxylic acids is 2. The van der Waals surface area contributed by atoms with E-state index in [1.807, 2.05) is 6.07 Å². The predicted molar refractivity (Wildman–Crippen MR) is 74.0 cm³/mol. The molecule has 6 heteroatoms. The fraction of sp³-hybridized carbons (Fsp3) is 0.429. The Morgan fingerprint density at radius 3 is 2.25 bits per heavy atom. The van der Waals surface area contributed by atoms with Crippen LogP contribution in [0, 0.1) is 0 Å². The van der Waals surface area contributed by atoms with Gasteiger partial charge < -0.3 is 9.47 Å². The minimum Gasteiger partial charge on any atom is -0.481 e. The normalized spacial score (nSPS) is 12.2. The van der Waals surface area contributed by atoms with Crippen LogP contribution < -0.4 is 15.6 Å². The van der Waals surface area contributed by atoms with E-state index in [-0.39, 0.29) is 0 Å². The quantitative estimate of drug-likeness (QED) is 0.830. The summed E-state index contributed by atoms with van der Waals surface area (Å²) in [5.41, 5.74) is 3.78. The Hall–Kier alpha value is -2.24. The van der Waals surface area contributed by atoms with Crippen LogP contribution in [0.4, 0.5) is 4.79 Å². The van der Waals surface area contributed by atoms with E-state index < -0.39 is 23.7 Å². The number of hydrogen-bond acceptors (Lipinski definition) is 4. The summed E-state index contributed by atoms with van der Waals surface area (Å²) in [5, 5.41) is 0. The zero-order valence-corrected chi connectivity index (χ0v) is 12.1. The first-order chi connectivity index (χ1) is 9.28. The van der Waals surface area contributed by atoms with Crippen LogP contribution in [0.1, 0.15) is 27.7 Å². The Morgan fingerprint density at radius 2 is 1.70 bits per heavy atom. The molecule has 20 heavy (non-hydrogen) atoms. The van der Waals surface area contributed by atoms with Crippen LogP contribution >= 0.6 is 0 Å². The largest absolute Gasteiger partial charge is 0.481 e. The van der Waals surface area contributed by atoms with Gasteiger partial charge in [0.25, 0.3) is 5.91 Å². The fourth-order valence-corrected chi connectivity index (χ4v) is 1.27. The van der Waals surface area contributed by atoms with E-state index in [1.54, 1.807) is 52.0 Å². The average Bonchev–Trinajstić information content (AvgIpc) is 2.35. The molecule has 0 fully saturated rings. The summed E-state index contributed by atoms with van der Waals surface area (Å²) in [6.07, 6.45) is -1.47. The molecule has 0 aromatic heterocycles. The summed E-state index contributed by atoms with van der Waals surface area (Å²) in [4.78, 5) is 23.1. The summed E-state index contributed by atoms with van der Waals surface area (Å²) < 4.78 is 10.4. The van der Waals surface area contributed by atoms with Gasteiger partial charge in [-0.05, 0) is 39.8 Å². The zero-order valence-electron chi connectivity index (χ0n) is 12.1. The standard InChI is InChI=1S/C14H20N2O4/c1-10(19-11-8-6-5-7-9-11)12(17)15-16-13(18)20-14(2,3)4/h5-10H,1-4H3,(H,15,17)(H,16,18)/t10-/m1/s1. The average molecular weight is 280 g/mol. The number of hydrazine groups is 1. The zero-order chi connectivity index (χ0) is 15.2. The van der Waals surface area contributed by atoms with Gasteiger partial charge in [-0.1, -0.05) is 18.2 Å². The molecule has 1 atom stereocenters. The van der Waals surface area contributed by atoms with Crippen molar-refractivity contribution in [3.63, 3.8) is 0 Å². The van der Waals surface area contributed by atoms with E-state index in [1.165, 1.54) is 0 Å². The van der Waals surface area contributed by atoms with E-state index >= 15 is 0 Å². The number of nitrogens with one attached hydrogen (secondary N) is 2. The number of rotatable bonds is 3. The topological polar surface area (TPSA) is 76.7 Å². The van der Waals surface area contributed by atoms with Gasteiger partial charge in [0.15, 0.2) is 6.10 Å². The van der Waals surface area contributed by atoms with Crippen molar-refractivity contribution in [2.24, 2.45) is 0 Å². The Labute approximate surface area is 118 Å². The van der Waals surface area contributed by atoms with Crippen molar-refractivity contribution in [3.05, 3.63) is 30.3 Å². The van der Waals surface area contributed by atoms with Crippen LogP contribution in [0.2, 0.25) is 0 Å². The molecule has 110 valence electrons. The second-order valence-electron chi connectivity index (χ2n) is 5.19. The molecule has 0 heterocycles. The number of ether oxygens (including phenoxy) is 2. The Morgan fingerprint density at radius 1 is 1.10 bits per heavy atom. The lowest BCUT2D eigenvalue weighted by Gasteiger charge is -2.20. The number of benzene rings is 1. The molecule has 0 bridgehead atoms. The molecular weight excluding hydrogens is 260 g/mol. The van der Waals surface area contributed by atoms with Crippen LogP contribution in [-0.2, 0) is 9.53 Å². The number of para-hydroxylation sites is 1. The molecule has 0 saturated heterocycles. The van der Waals surface area contributed by atoms with E-state index in [0.29, 0.717) is 5.75 Å². The van der Waals surface area contributed by atoms with Gasteiger partial charge in [0.1, 0.15) is 11.4 Å². The Bertz CT molecular complexity index is 454. The molecule has 0 saturated carbocycles. The lowest BCUT2D eigenvalue weighted by molar-refractivity contribution is -0.128. The summed E-state index contributed by atoms with van der Waals surface area (Å²) >= 11 is 0. The summed E-state index contributed by atoms with van der Waals surface area (Å²) in [6.45, 7) is 6.78. The summed E-state index contributed by atoms with van der Waals surface area (Å²) in [7, 11) is 0. The van der Waals surface area contributed by atoms with Crippen LogP contribution in [0.25, 0.3) is 0 Å². The van der Waals surface area contributed by atoms with Gasteiger partial charge in [-0.2, -0.15) is 0 Å². The second-order valence-corrected chi connectivity index (χ2v) is 5.19.